The molecule has 0 atom stereocenters. The van der Waals surface area contributed by atoms with Crippen LogP contribution >= 0.6 is 0 Å². The third-order valence-corrected chi connectivity index (χ3v) is 2.21. The normalized spacial score (nSPS) is 11.4. The Labute approximate surface area is 106 Å². The lowest BCUT2D eigenvalue weighted by Crippen LogP contribution is -1.95. The van der Waals surface area contributed by atoms with E-state index in [0.717, 1.165) is 11.3 Å². The van der Waals surface area contributed by atoms with Crippen molar-refractivity contribution in [2.45, 2.75) is 6.92 Å². The van der Waals surface area contributed by atoms with Gasteiger partial charge in [0.2, 0.25) is 0 Å². The lowest BCUT2D eigenvalue weighted by atomic mass is 10.2. The average molecular weight is 242 g/mol. The van der Waals surface area contributed by atoms with Crippen LogP contribution in [0.15, 0.2) is 57.3 Å². The molecule has 1 heterocycles. The number of rotatable bonds is 5. The molecule has 0 aliphatic rings. The Kier molecular flexibility index (Phi) is 4.30. The molecule has 18 heavy (non-hydrogen) atoms. The number of nitrogens with zero attached hydrogens (tertiary/aromatic N) is 2. The van der Waals surface area contributed by atoms with Gasteiger partial charge in [0.15, 0.2) is 0 Å². The quantitative estimate of drug-likeness (QED) is 0.597. The van der Waals surface area contributed by atoms with Gasteiger partial charge in [0.1, 0.15) is 11.5 Å². The van der Waals surface area contributed by atoms with Crippen molar-refractivity contribution in [2.24, 2.45) is 10.2 Å². The van der Waals surface area contributed by atoms with Crippen molar-refractivity contribution in [3.63, 3.8) is 0 Å². The first kappa shape index (κ1) is 12.1. The Hall–Kier alpha value is -2.36. The van der Waals surface area contributed by atoms with E-state index in [4.69, 9.17) is 9.15 Å². The van der Waals surface area contributed by atoms with Crippen molar-refractivity contribution >= 4 is 12.4 Å². The minimum Gasteiger partial charge on any atom is -0.493 e. The Bertz CT molecular complexity index is 530. The summed E-state index contributed by atoms with van der Waals surface area (Å²) < 4.78 is 10.6. The molecule has 0 aliphatic heterocycles. The summed E-state index contributed by atoms with van der Waals surface area (Å²) in [7, 11) is 0. The van der Waals surface area contributed by atoms with Gasteiger partial charge in [0.05, 0.1) is 25.3 Å². The van der Waals surface area contributed by atoms with Crippen molar-refractivity contribution in [1.29, 1.82) is 0 Å². The summed E-state index contributed by atoms with van der Waals surface area (Å²) in [6.45, 7) is 2.57. The number of ether oxygens (including phenoxy) is 1. The van der Waals surface area contributed by atoms with Crippen LogP contribution in [0.3, 0.4) is 0 Å². The highest BCUT2D eigenvalue weighted by atomic mass is 16.5. The maximum absolute atomic E-state index is 5.48. The highest BCUT2D eigenvalue weighted by Crippen LogP contribution is 2.15. The van der Waals surface area contributed by atoms with E-state index in [0.29, 0.717) is 12.4 Å². The molecule has 4 nitrogen and oxygen atoms in total. The zero-order chi connectivity index (χ0) is 12.6. The van der Waals surface area contributed by atoms with Crippen LogP contribution in [-0.4, -0.2) is 19.0 Å². The third kappa shape index (κ3) is 3.31. The fourth-order valence-electron chi connectivity index (χ4n) is 1.42. The monoisotopic (exact) mass is 242 g/mol. The van der Waals surface area contributed by atoms with E-state index in [2.05, 4.69) is 10.2 Å². The van der Waals surface area contributed by atoms with Crippen molar-refractivity contribution < 1.29 is 9.15 Å². The van der Waals surface area contributed by atoms with Gasteiger partial charge in [-0.1, -0.05) is 12.1 Å². The molecule has 0 fully saturated rings. The smallest absolute Gasteiger partial charge is 0.146 e. The van der Waals surface area contributed by atoms with Crippen LogP contribution in [0, 0.1) is 0 Å². The van der Waals surface area contributed by atoms with Crippen LogP contribution in [-0.2, 0) is 0 Å². The molecular formula is C14H14N2O2. The molecule has 0 spiro atoms. The SMILES string of the molecule is CCOc1ccccc1/C=N\N=C/c1ccco1. The van der Waals surface area contributed by atoms with E-state index in [1.807, 2.05) is 37.3 Å². The first-order valence-electron chi connectivity index (χ1n) is 5.72. The van der Waals surface area contributed by atoms with Crippen LogP contribution in [0.4, 0.5) is 0 Å². The molecule has 0 N–H and O–H groups in total. The van der Waals surface area contributed by atoms with Crippen LogP contribution in [0.25, 0.3) is 0 Å². The first-order valence-corrected chi connectivity index (χ1v) is 5.72. The van der Waals surface area contributed by atoms with Crippen LogP contribution in [0.5, 0.6) is 5.75 Å². The summed E-state index contributed by atoms with van der Waals surface area (Å²) in [5.74, 6) is 1.47. The van der Waals surface area contributed by atoms with E-state index in [1.54, 1.807) is 24.8 Å². The molecule has 4 heteroatoms. The summed E-state index contributed by atoms with van der Waals surface area (Å²) in [6.07, 6.45) is 4.81. The van der Waals surface area contributed by atoms with Gasteiger partial charge in [-0.3, -0.25) is 0 Å². The van der Waals surface area contributed by atoms with Gasteiger partial charge in [-0.25, -0.2) is 0 Å². The van der Waals surface area contributed by atoms with Gasteiger partial charge in [-0.05, 0) is 31.2 Å². The molecule has 0 aliphatic carbocycles. The van der Waals surface area contributed by atoms with Gasteiger partial charge in [-0.15, -0.1) is 0 Å². The summed E-state index contributed by atoms with van der Waals surface area (Å²) >= 11 is 0. The van der Waals surface area contributed by atoms with Crippen molar-refractivity contribution in [2.75, 3.05) is 6.61 Å². The van der Waals surface area contributed by atoms with E-state index >= 15 is 0 Å². The average Bonchev–Trinajstić information content (AvgIpc) is 2.90. The number of hydrogen-bond donors (Lipinski definition) is 0. The van der Waals surface area contributed by atoms with Gasteiger partial charge in [0.25, 0.3) is 0 Å². The second kappa shape index (κ2) is 6.39. The predicted molar refractivity (Wildman–Crippen MR) is 71.5 cm³/mol. The minimum atomic E-state index is 0.626. The lowest BCUT2D eigenvalue weighted by Gasteiger charge is -2.04. The number of para-hydroxylation sites is 1. The molecule has 0 unspecified atom stereocenters. The molecule has 92 valence electrons. The first-order chi connectivity index (χ1) is 8.90. The second-order valence-electron chi connectivity index (χ2n) is 3.48. The van der Waals surface area contributed by atoms with Gasteiger partial charge >= 0.3 is 0 Å². The summed E-state index contributed by atoms with van der Waals surface area (Å²) in [6, 6.07) is 11.3. The summed E-state index contributed by atoms with van der Waals surface area (Å²) in [5.41, 5.74) is 0.899. The molecule has 2 aromatic rings. The van der Waals surface area contributed by atoms with Crippen LogP contribution < -0.4 is 4.74 Å². The number of furan rings is 1. The van der Waals surface area contributed by atoms with Crippen LogP contribution in [0.2, 0.25) is 0 Å². The molecular weight excluding hydrogens is 228 g/mol. The number of benzene rings is 1. The fraction of sp³-hybridized carbons (Fsp3) is 0.143. The molecule has 0 radical (unpaired) electrons. The van der Waals surface area contributed by atoms with E-state index in [1.165, 1.54) is 0 Å². The van der Waals surface area contributed by atoms with Crippen LogP contribution in [0.1, 0.15) is 18.2 Å². The van der Waals surface area contributed by atoms with E-state index in [9.17, 15) is 0 Å². The van der Waals surface area contributed by atoms with E-state index in [-0.39, 0.29) is 0 Å². The highest BCUT2D eigenvalue weighted by molar-refractivity contribution is 5.84. The molecule has 0 saturated heterocycles. The Morgan fingerprint density at radius 3 is 2.72 bits per heavy atom. The van der Waals surface area contributed by atoms with Gasteiger partial charge < -0.3 is 9.15 Å². The Morgan fingerprint density at radius 1 is 1.11 bits per heavy atom. The lowest BCUT2D eigenvalue weighted by molar-refractivity contribution is 0.340. The Balaban J connectivity index is 2.04. The summed E-state index contributed by atoms with van der Waals surface area (Å²) in [5, 5.41) is 7.87. The van der Waals surface area contributed by atoms with Gasteiger partial charge in [0, 0.05) is 5.56 Å². The largest absolute Gasteiger partial charge is 0.493 e. The van der Waals surface area contributed by atoms with Gasteiger partial charge in [-0.2, -0.15) is 10.2 Å². The fourth-order valence-corrected chi connectivity index (χ4v) is 1.42. The maximum atomic E-state index is 5.48. The van der Waals surface area contributed by atoms with Crippen molar-refractivity contribution in [3.05, 3.63) is 54.0 Å². The second-order valence-corrected chi connectivity index (χ2v) is 3.48. The molecule has 2 rings (SSSR count). The zero-order valence-electron chi connectivity index (χ0n) is 10.1. The Morgan fingerprint density at radius 2 is 1.94 bits per heavy atom. The maximum Gasteiger partial charge on any atom is 0.146 e. The molecule has 1 aromatic heterocycles. The standard InChI is InChI=1S/C14H14N2O2/c1-2-17-14-8-4-3-6-12(14)10-15-16-11-13-7-5-9-18-13/h3-11H,2H2,1H3/b15-10-,16-11-. The topological polar surface area (TPSA) is 47.1 Å². The zero-order valence-corrected chi connectivity index (χ0v) is 10.1. The molecule has 0 saturated carbocycles. The van der Waals surface area contributed by atoms with Crippen molar-refractivity contribution in [1.82, 2.24) is 0 Å². The predicted octanol–water partition coefficient (Wildman–Crippen LogP) is 3.13. The van der Waals surface area contributed by atoms with E-state index < -0.39 is 0 Å². The summed E-state index contributed by atoms with van der Waals surface area (Å²) in [4.78, 5) is 0. The molecule has 0 bridgehead atoms. The highest BCUT2D eigenvalue weighted by Gasteiger charge is 1.97. The van der Waals surface area contributed by atoms with Crippen molar-refractivity contribution in [3.8, 4) is 5.75 Å². The number of hydrogen-bond acceptors (Lipinski definition) is 4. The third-order valence-electron chi connectivity index (χ3n) is 2.21. The molecule has 1 aromatic carbocycles. The molecule has 0 amide bonds. The minimum absolute atomic E-state index is 0.626.